The lowest BCUT2D eigenvalue weighted by Crippen LogP contribution is -2.29. The molecule has 0 saturated heterocycles. The lowest BCUT2D eigenvalue weighted by molar-refractivity contribution is 0.0807. The van der Waals surface area contributed by atoms with Gasteiger partial charge in [0.05, 0.1) is 17.5 Å². The summed E-state index contributed by atoms with van der Waals surface area (Å²) in [6, 6.07) is 1.39. The van der Waals surface area contributed by atoms with Crippen molar-refractivity contribution in [1.82, 2.24) is 24.6 Å². The summed E-state index contributed by atoms with van der Waals surface area (Å²) in [4.78, 5) is 32.8. The second-order valence-electron chi connectivity index (χ2n) is 5.61. The minimum atomic E-state index is -0.271. The Morgan fingerprint density at radius 2 is 2.12 bits per heavy atom. The van der Waals surface area contributed by atoms with E-state index in [9.17, 15) is 9.59 Å². The Balaban J connectivity index is 2.32. The van der Waals surface area contributed by atoms with Crippen LogP contribution in [0.2, 0.25) is 0 Å². The largest absolute Gasteiger partial charge is 0.337 e. The van der Waals surface area contributed by atoms with Crippen LogP contribution in [0.4, 0.5) is 0 Å². The number of nitrogens with one attached hydrogen (secondary N) is 1. The van der Waals surface area contributed by atoms with Crippen LogP contribution in [0, 0.1) is 13.8 Å². The highest BCUT2D eigenvalue weighted by Gasteiger charge is 2.19. The normalized spacial score (nSPS) is 11.2. The van der Waals surface area contributed by atoms with Gasteiger partial charge in [-0.05, 0) is 19.4 Å². The van der Waals surface area contributed by atoms with Crippen LogP contribution < -0.4 is 5.56 Å². The van der Waals surface area contributed by atoms with E-state index < -0.39 is 0 Å². The van der Waals surface area contributed by atoms with E-state index >= 15 is 0 Å². The number of allylic oxidation sites excluding steroid dienone is 2. The summed E-state index contributed by atoms with van der Waals surface area (Å²) in [5, 5.41) is 4.19. The van der Waals surface area contributed by atoms with Crippen LogP contribution >= 0.6 is 0 Å². The number of aromatic amines is 1. The molecule has 2 heterocycles. The van der Waals surface area contributed by atoms with Gasteiger partial charge in [0.2, 0.25) is 5.95 Å². The number of carbonyl (C=O) groups excluding carboxylic acids is 1. The molecule has 25 heavy (non-hydrogen) atoms. The van der Waals surface area contributed by atoms with Crippen LogP contribution in [0.25, 0.3) is 5.95 Å². The van der Waals surface area contributed by atoms with E-state index in [1.54, 1.807) is 44.0 Å². The molecule has 130 valence electrons. The third kappa shape index (κ3) is 4.00. The van der Waals surface area contributed by atoms with E-state index in [0.29, 0.717) is 23.5 Å². The smallest absolute Gasteiger partial charge is 0.257 e. The maximum absolute atomic E-state index is 12.7. The van der Waals surface area contributed by atoms with Crippen LogP contribution in [-0.2, 0) is 0 Å². The molecule has 1 amide bonds. The van der Waals surface area contributed by atoms with Crippen molar-refractivity contribution < 1.29 is 4.79 Å². The van der Waals surface area contributed by atoms with Crippen molar-refractivity contribution >= 4 is 5.91 Å². The molecule has 0 unspecified atom stereocenters. The van der Waals surface area contributed by atoms with Crippen molar-refractivity contribution in [3.05, 3.63) is 76.5 Å². The van der Waals surface area contributed by atoms with Crippen molar-refractivity contribution in [2.45, 2.75) is 13.8 Å². The number of amides is 1. The van der Waals surface area contributed by atoms with Gasteiger partial charge in [0.1, 0.15) is 0 Å². The zero-order chi connectivity index (χ0) is 18.6. The molecule has 2 aromatic heterocycles. The summed E-state index contributed by atoms with van der Waals surface area (Å²) in [6.45, 7) is 11.3. The molecule has 2 aromatic rings. The number of rotatable bonds is 6. The van der Waals surface area contributed by atoms with Crippen LogP contribution in [0.15, 0.2) is 54.0 Å². The van der Waals surface area contributed by atoms with Gasteiger partial charge in [-0.3, -0.25) is 14.6 Å². The van der Waals surface area contributed by atoms with E-state index in [4.69, 9.17) is 0 Å². The summed E-state index contributed by atoms with van der Waals surface area (Å²) in [7, 11) is 1.70. The second-order valence-corrected chi connectivity index (χ2v) is 5.61. The predicted octanol–water partition coefficient (Wildman–Crippen LogP) is 1.94. The number of hydrogen-bond donors (Lipinski definition) is 1. The Labute approximate surface area is 146 Å². The van der Waals surface area contributed by atoms with Gasteiger partial charge in [-0.1, -0.05) is 31.4 Å². The van der Waals surface area contributed by atoms with Gasteiger partial charge in [0, 0.05) is 25.4 Å². The van der Waals surface area contributed by atoms with Gasteiger partial charge in [-0.15, -0.1) is 0 Å². The van der Waals surface area contributed by atoms with Crippen LogP contribution in [0.5, 0.6) is 0 Å². The highest BCUT2D eigenvalue weighted by molar-refractivity contribution is 5.95. The topological polar surface area (TPSA) is 83.9 Å². The van der Waals surface area contributed by atoms with Gasteiger partial charge in [0.25, 0.3) is 11.5 Å². The fraction of sp³-hybridized carbons (Fsp3) is 0.222. The summed E-state index contributed by atoms with van der Waals surface area (Å²) < 4.78 is 1.45. The molecule has 0 aliphatic carbocycles. The molecule has 0 radical (unpaired) electrons. The molecule has 0 aliphatic rings. The molecular formula is C18H21N5O2. The van der Waals surface area contributed by atoms with E-state index in [-0.39, 0.29) is 17.4 Å². The Bertz CT molecular complexity index is 904. The van der Waals surface area contributed by atoms with Crippen molar-refractivity contribution in [1.29, 1.82) is 0 Å². The van der Waals surface area contributed by atoms with E-state index in [0.717, 1.165) is 5.57 Å². The molecule has 0 saturated carbocycles. The number of aromatic nitrogens is 4. The van der Waals surface area contributed by atoms with Crippen LogP contribution in [0.3, 0.4) is 0 Å². The molecule has 0 aromatic carbocycles. The summed E-state index contributed by atoms with van der Waals surface area (Å²) in [5.74, 6) is 0.0955. The molecular weight excluding hydrogens is 318 g/mol. The van der Waals surface area contributed by atoms with Gasteiger partial charge >= 0.3 is 0 Å². The molecule has 7 nitrogen and oxygen atoms in total. The monoisotopic (exact) mass is 339 g/mol. The highest BCUT2D eigenvalue weighted by atomic mass is 16.2. The fourth-order valence-electron chi connectivity index (χ4n) is 2.38. The second kappa shape index (κ2) is 7.57. The quantitative estimate of drug-likeness (QED) is 0.815. The molecule has 2 rings (SSSR count). The third-order valence-electron chi connectivity index (χ3n) is 3.66. The Hall–Kier alpha value is -3.22. The van der Waals surface area contributed by atoms with Crippen molar-refractivity contribution in [3.8, 4) is 5.95 Å². The van der Waals surface area contributed by atoms with Gasteiger partial charge < -0.3 is 4.90 Å². The minimum absolute atomic E-state index is 0.185. The number of nitrogens with zero attached hydrogens (tertiary/aromatic N) is 4. The third-order valence-corrected chi connectivity index (χ3v) is 3.66. The first-order chi connectivity index (χ1) is 11.9. The van der Waals surface area contributed by atoms with Gasteiger partial charge in [-0.25, -0.2) is 9.67 Å². The molecule has 0 fully saturated rings. The summed E-state index contributed by atoms with van der Waals surface area (Å²) in [5.41, 5.74) is 2.21. The van der Waals surface area contributed by atoms with Crippen LogP contribution in [-0.4, -0.2) is 44.1 Å². The fourth-order valence-corrected chi connectivity index (χ4v) is 2.38. The maximum atomic E-state index is 12.7. The Kier molecular flexibility index (Phi) is 5.49. The van der Waals surface area contributed by atoms with Crippen molar-refractivity contribution in [2.75, 3.05) is 13.6 Å². The van der Waals surface area contributed by atoms with Crippen LogP contribution in [0.1, 0.15) is 21.7 Å². The van der Waals surface area contributed by atoms with E-state index in [1.165, 1.54) is 16.9 Å². The maximum Gasteiger partial charge on any atom is 0.257 e. The Morgan fingerprint density at radius 3 is 2.72 bits per heavy atom. The lowest BCUT2D eigenvalue weighted by atomic mass is 10.2. The lowest BCUT2D eigenvalue weighted by Gasteiger charge is -2.17. The number of carbonyl (C=O) groups is 1. The SMILES string of the molecule is C=C/C=C(\C=C)CN(C)C(=O)c1cnn(-c2nc(C)cc(=O)[nH]2)c1C. The predicted molar refractivity (Wildman–Crippen MR) is 96.9 cm³/mol. The average Bonchev–Trinajstić information content (AvgIpc) is 2.94. The van der Waals surface area contributed by atoms with E-state index in [1.807, 2.05) is 0 Å². The molecule has 1 N–H and O–H groups in total. The first-order valence-electron chi connectivity index (χ1n) is 7.69. The number of aryl methyl sites for hydroxylation is 1. The Morgan fingerprint density at radius 1 is 1.40 bits per heavy atom. The molecule has 0 bridgehead atoms. The first-order valence-corrected chi connectivity index (χ1v) is 7.69. The zero-order valence-corrected chi connectivity index (χ0v) is 14.6. The van der Waals surface area contributed by atoms with E-state index in [2.05, 4.69) is 28.2 Å². The summed E-state index contributed by atoms with van der Waals surface area (Å²) >= 11 is 0. The summed E-state index contributed by atoms with van der Waals surface area (Å²) in [6.07, 6.45) is 6.61. The zero-order valence-electron chi connectivity index (χ0n) is 14.6. The molecule has 7 heteroatoms. The number of likely N-dealkylation sites (N-methyl/N-ethyl adjacent to an activating group) is 1. The van der Waals surface area contributed by atoms with Gasteiger partial charge in [0.15, 0.2) is 0 Å². The number of H-pyrrole nitrogens is 1. The van der Waals surface area contributed by atoms with Crippen molar-refractivity contribution in [3.63, 3.8) is 0 Å². The standard InChI is InChI=1S/C18H21N5O2/c1-6-8-14(7-2)11-22(5)17(25)15-10-19-23(13(15)4)18-20-12(3)9-16(24)21-18/h6-10H,1-2,11H2,3-5H3,(H,20,21,24)/b14-8+. The average molecular weight is 339 g/mol. The minimum Gasteiger partial charge on any atom is -0.337 e. The van der Waals surface area contributed by atoms with Gasteiger partial charge in [-0.2, -0.15) is 5.10 Å². The number of hydrogen-bond acceptors (Lipinski definition) is 4. The molecule has 0 spiro atoms. The van der Waals surface area contributed by atoms with Crippen molar-refractivity contribution in [2.24, 2.45) is 0 Å². The molecule has 0 atom stereocenters. The molecule has 0 aliphatic heterocycles. The first kappa shape index (κ1) is 18.1. The highest BCUT2D eigenvalue weighted by Crippen LogP contribution is 2.14.